The monoisotopic (exact) mass is 250 g/mol. The Morgan fingerprint density at radius 1 is 1.35 bits per heavy atom. The molecule has 0 aromatic heterocycles. The number of anilines is 1. The minimum Gasteiger partial charge on any atom is -0.314 e. The molecule has 0 atom stereocenters. The third-order valence-corrected chi connectivity index (χ3v) is 3.83. The first-order valence-corrected chi connectivity index (χ1v) is 7.06. The summed E-state index contributed by atoms with van der Waals surface area (Å²) in [7, 11) is 0. The van der Waals surface area contributed by atoms with Gasteiger partial charge in [-0.15, -0.1) is 11.8 Å². The van der Waals surface area contributed by atoms with Gasteiger partial charge in [-0.05, 0) is 23.6 Å². The summed E-state index contributed by atoms with van der Waals surface area (Å²) >= 11 is 1.79. The van der Waals surface area contributed by atoms with Crippen LogP contribution in [0.25, 0.3) is 0 Å². The zero-order valence-corrected chi connectivity index (χ0v) is 11.1. The van der Waals surface area contributed by atoms with Crippen molar-refractivity contribution in [3.05, 3.63) is 29.8 Å². The molecular formula is C13H18N2OS. The quantitative estimate of drug-likeness (QED) is 0.873. The van der Waals surface area contributed by atoms with Gasteiger partial charge in [-0.1, -0.05) is 26.0 Å². The second kappa shape index (κ2) is 5.45. The van der Waals surface area contributed by atoms with E-state index in [9.17, 15) is 4.79 Å². The van der Waals surface area contributed by atoms with E-state index >= 15 is 0 Å². The molecule has 1 aromatic carbocycles. The normalized spacial score (nSPS) is 15.4. The molecule has 1 fully saturated rings. The van der Waals surface area contributed by atoms with Crippen molar-refractivity contribution in [2.75, 3.05) is 23.5 Å². The van der Waals surface area contributed by atoms with Gasteiger partial charge in [0.05, 0.1) is 5.88 Å². The van der Waals surface area contributed by atoms with Crippen molar-refractivity contribution >= 4 is 23.5 Å². The van der Waals surface area contributed by atoms with E-state index in [1.807, 2.05) is 17.0 Å². The summed E-state index contributed by atoms with van der Waals surface area (Å²) in [4.78, 5) is 13.7. The fraction of sp³-hybridized carbons (Fsp3) is 0.462. The van der Waals surface area contributed by atoms with Gasteiger partial charge in [-0.2, -0.15) is 0 Å². The Kier molecular flexibility index (Phi) is 3.94. The highest BCUT2D eigenvalue weighted by Gasteiger charge is 2.17. The van der Waals surface area contributed by atoms with Crippen LogP contribution < -0.4 is 5.32 Å². The molecule has 0 bridgehead atoms. The topological polar surface area (TPSA) is 32.3 Å². The van der Waals surface area contributed by atoms with Crippen LogP contribution in [0.1, 0.15) is 25.3 Å². The van der Waals surface area contributed by atoms with E-state index in [0.717, 1.165) is 23.9 Å². The van der Waals surface area contributed by atoms with Crippen LogP contribution in [0.2, 0.25) is 0 Å². The van der Waals surface area contributed by atoms with Gasteiger partial charge in [0.1, 0.15) is 0 Å². The van der Waals surface area contributed by atoms with Crippen molar-refractivity contribution in [3.63, 3.8) is 0 Å². The summed E-state index contributed by atoms with van der Waals surface area (Å²) in [5.41, 5.74) is 2.16. The Labute approximate surface area is 107 Å². The highest BCUT2D eigenvalue weighted by molar-refractivity contribution is 7.99. The predicted octanol–water partition coefficient (Wildman–Crippen LogP) is 3.35. The highest BCUT2D eigenvalue weighted by Crippen LogP contribution is 2.19. The summed E-state index contributed by atoms with van der Waals surface area (Å²) < 4.78 is 0. The summed E-state index contributed by atoms with van der Waals surface area (Å²) in [6.45, 7) is 5.17. The molecule has 1 aliphatic rings. The van der Waals surface area contributed by atoms with Crippen LogP contribution in [0.15, 0.2) is 24.3 Å². The van der Waals surface area contributed by atoms with E-state index in [1.165, 1.54) is 5.56 Å². The summed E-state index contributed by atoms with van der Waals surface area (Å²) in [6.07, 6.45) is 0. The first-order valence-electron chi connectivity index (χ1n) is 5.90. The number of urea groups is 1. The number of thioether (sulfide) groups is 1. The van der Waals surface area contributed by atoms with Gasteiger partial charge in [0.25, 0.3) is 0 Å². The molecule has 2 rings (SSSR count). The maximum Gasteiger partial charge on any atom is 0.322 e. The van der Waals surface area contributed by atoms with Crippen LogP contribution in [-0.4, -0.2) is 29.1 Å². The number of carbonyl (C=O) groups excluding carboxylic acids is 1. The second-order valence-corrected chi connectivity index (χ2v) is 5.58. The number of rotatable bonds is 2. The molecule has 3 nitrogen and oxygen atoms in total. The number of nitrogens with one attached hydrogen (secondary N) is 1. The fourth-order valence-corrected chi connectivity index (χ4v) is 2.67. The van der Waals surface area contributed by atoms with Crippen LogP contribution >= 0.6 is 11.8 Å². The molecular weight excluding hydrogens is 232 g/mol. The average molecular weight is 250 g/mol. The molecule has 1 aromatic rings. The van der Waals surface area contributed by atoms with Gasteiger partial charge < -0.3 is 10.2 Å². The number of benzene rings is 1. The maximum absolute atomic E-state index is 11.8. The molecule has 1 saturated heterocycles. The molecule has 1 heterocycles. The Bertz CT molecular complexity index is 383. The Balaban J connectivity index is 1.96. The minimum atomic E-state index is 0.00676. The zero-order chi connectivity index (χ0) is 12.3. The SMILES string of the molecule is CC(C)c1ccc(NC(=O)N2CCSC2)cc1. The molecule has 92 valence electrons. The Morgan fingerprint density at radius 2 is 2.06 bits per heavy atom. The summed E-state index contributed by atoms with van der Waals surface area (Å²) in [5, 5.41) is 2.92. The molecule has 17 heavy (non-hydrogen) atoms. The lowest BCUT2D eigenvalue weighted by molar-refractivity contribution is 0.225. The standard InChI is InChI=1S/C13H18N2OS/c1-10(2)11-3-5-12(6-4-11)14-13(16)15-7-8-17-9-15/h3-6,10H,7-9H2,1-2H3,(H,14,16). The van der Waals surface area contributed by atoms with Gasteiger partial charge >= 0.3 is 6.03 Å². The minimum absolute atomic E-state index is 0.00676. The van der Waals surface area contributed by atoms with E-state index in [2.05, 4.69) is 31.3 Å². The van der Waals surface area contributed by atoms with Crippen LogP contribution in [0, 0.1) is 0 Å². The summed E-state index contributed by atoms with van der Waals surface area (Å²) in [5.74, 6) is 2.37. The highest BCUT2D eigenvalue weighted by atomic mass is 32.2. The van der Waals surface area contributed by atoms with Gasteiger partial charge in [0, 0.05) is 18.0 Å². The Morgan fingerprint density at radius 3 is 2.59 bits per heavy atom. The fourth-order valence-electron chi connectivity index (χ4n) is 1.73. The van der Waals surface area contributed by atoms with Crippen LogP contribution in [-0.2, 0) is 0 Å². The largest absolute Gasteiger partial charge is 0.322 e. The maximum atomic E-state index is 11.8. The molecule has 0 unspecified atom stereocenters. The molecule has 2 amide bonds. The predicted molar refractivity (Wildman–Crippen MR) is 73.6 cm³/mol. The first-order chi connectivity index (χ1) is 8.16. The number of nitrogens with zero attached hydrogens (tertiary/aromatic N) is 1. The number of carbonyl (C=O) groups is 1. The van der Waals surface area contributed by atoms with Crippen LogP contribution in [0.3, 0.4) is 0 Å². The number of hydrogen-bond donors (Lipinski definition) is 1. The third-order valence-electron chi connectivity index (χ3n) is 2.87. The average Bonchev–Trinajstić information content (AvgIpc) is 2.83. The van der Waals surface area contributed by atoms with E-state index in [0.29, 0.717) is 5.92 Å². The van der Waals surface area contributed by atoms with E-state index in [-0.39, 0.29) is 6.03 Å². The van der Waals surface area contributed by atoms with Crippen molar-refractivity contribution < 1.29 is 4.79 Å². The van der Waals surface area contributed by atoms with E-state index in [4.69, 9.17) is 0 Å². The first kappa shape index (κ1) is 12.3. The van der Waals surface area contributed by atoms with Crippen LogP contribution in [0.4, 0.5) is 10.5 Å². The van der Waals surface area contributed by atoms with Gasteiger partial charge in [0.15, 0.2) is 0 Å². The van der Waals surface area contributed by atoms with E-state index in [1.54, 1.807) is 11.8 Å². The lowest BCUT2D eigenvalue weighted by Gasteiger charge is -2.15. The number of hydrogen-bond acceptors (Lipinski definition) is 2. The van der Waals surface area contributed by atoms with Crippen molar-refractivity contribution in [3.8, 4) is 0 Å². The van der Waals surface area contributed by atoms with Gasteiger partial charge in [-0.3, -0.25) is 0 Å². The van der Waals surface area contributed by atoms with Gasteiger partial charge in [-0.25, -0.2) is 4.79 Å². The number of amides is 2. The van der Waals surface area contributed by atoms with E-state index < -0.39 is 0 Å². The Hall–Kier alpha value is -1.16. The van der Waals surface area contributed by atoms with Gasteiger partial charge in [0.2, 0.25) is 0 Å². The molecule has 4 heteroatoms. The van der Waals surface area contributed by atoms with Crippen molar-refractivity contribution in [2.24, 2.45) is 0 Å². The van der Waals surface area contributed by atoms with Crippen LogP contribution in [0.5, 0.6) is 0 Å². The smallest absolute Gasteiger partial charge is 0.314 e. The second-order valence-electron chi connectivity index (χ2n) is 4.51. The zero-order valence-electron chi connectivity index (χ0n) is 10.3. The molecule has 0 spiro atoms. The molecule has 0 radical (unpaired) electrons. The molecule has 1 N–H and O–H groups in total. The third kappa shape index (κ3) is 3.16. The lowest BCUT2D eigenvalue weighted by atomic mass is 10.0. The van der Waals surface area contributed by atoms with Crippen molar-refractivity contribution in [1.82, 2.24) is 4.90 Å². The molecule has 1 aliphatic heterocycles. The molecule has 0 saturated carbocycles. The molecule has 0 aliphatic carbocycles. The van der Waals surface area contributed by atoms with Crippen molar-refractivity contribution in [2.45, 2.75) is 19.8 Å². The lowest BCUT2D eigenvalue weighted by Crippen LogP contribution is -2.32. The van der Waals surface area contributed by atoms with Crippen molar-refractivity contribution in [1.29, 1.82) is 0 Å². The summed E-state index contributed by atoms with van der Waals surface area (Å²) in [6, 6.07) is 8.08.